The molecule has 0 saturated heterocycles. The van der Waals surface area contributed by atoms with Crippen LogP contribution >= 0.6 is 0 Å². The van der Waals surface area contributed by atoms with Gasteiger partial charge < -0.3 is 16.5 Å². The number of nitrogens with one attached hydrogen (secondary N) is 2. The minimum Gasteiger partial charge on any atom is -0.398 e. The zero-order valence-electron chi connectivity index (χ0n) is 11.0. The highest BCUT2D eigenvalue weighted by atomic mass is 14.9. The Morgan fingerprint density at radius 2 is 1.74 bits per heavy atom. The van der Waals surface area contributed by atoms with Crippen LogP contribution in [-0.4, -0.2) is 5.71 Å². The van der Waals surface area contributed by atoms with E-state index in [4.69, 9.17) is 11.1 Å². The van der Waals surface area contributed by atoms with Gasteiger partial charge in [-0.3, -0.25) is 0 Å². The zero-order valence-corrected chi connectivity index (χ0v) is 11.0. The maximum atomic E-state index is 7.66. The van der Waals surface area contributed by atoms with Crippen molar-refractivity contribution in [2.45, 2.75) is 20.0 Å². The van der Waals surface area contributed by atoms with E-state index in [1.165, 1.54) is 16.7 Å². The number of nitrogens with two attached hydrogens (primary N) is 1. The van der Waals surface area contributed by atoms with Gasteiger partial charge in [0.25, 0.3) is 0 Å². The van der Waals surface area contributed by atoms with Gasteiger partial charge in [-0.1, -0.05) is 24.3 Å². The number of nitrogen functional groups attached to an aromatic ring is 1. The Hall–Kier alpha value is -2.13. The highest BCUT2D eigenvalue weighted by molar-refractivity contribution is 6.01. The van der Waals surface area contributed by atoms with Crippen molar-refractivity contribution in [3.63, 3.8) is 0 Å². The van der Waals surface area contributed by atoms with E-state index in [1.807, 2.05) is 18.2 Å². The van der Waals surface area contributed by atoms with Gasteiger partial charge >= 0.3 is 0 Å². The average molecular weight is 251 g/mol. The largest absolute Gasteiger partial charge is 0.398 e. The highest BCUT2D eigenvalue weighted by Gasteiger charge is 2.11. The van der Waals surface area contributed by atoms with Crippen LogP contribution in [0.15, 0.2) is 36.4 Å². The van der Waals surface area contributed by atoms with Gasteiger partial charge in [0.1, 0.15) is 0 Å². The minimum absolute atomic E-state index is 0.502. The lowest BCUT2D eigenvalue weighted by atomic mass is 9.98. The van der Waals surface area contributed by atoms with Crippen LogP contribution in [0.25, 0.3) is 11.1 Å². The van der Waals surface area contributed by atoms with Gasteiger partial charge in [0.05, 0.1) is 0 Å². The van der Waals surface area contributed by atoms with Gasteiger partial charge in [0.2, 0.25) is 0 Å². The lowest BCUT2D eigenvalue weighted by Gasteiger charge is -2.09. The van der Waals surface area contributed by atoms with E-state index in [0.717, 1.165) is 24.2 Å². The van der Waals surface area contributed by atoms with Crippen LogP contribution in [0.4, 0.5) is 5.69 Å². The number of hydrogen-bond donors (Lipinski definition) is 3. The molecular weight excluding hydrogens is 234 g/mol. The van der Waals surface area contributed by atoms with Gasteiger partial charge in [0.15, 0.2) is 0 Å². The van der Waals surface area contributed by atoms with E-state index >= 15 is 0 Å². The van der Waals surface area contributed by atoms with E-state index < -0.39 is 0 Å². The summed E-state index contributed by atoms with van der Waals surface area (Å²) in [4.78, 5) is 0. The normalized spacial score (nSPS) is 13.3. The van der Waals surface area contributed by atoms with Crippen molar-refractivity contribution >= 4 is 11.4 Å². The molecule has 0 aliphatic carbocycles. The Morgan fingerprint density at radius 3 is 2.47 bits per heavy atom. The summed E-state index contributed by atoms with van der Waals surface area (Å²) in [5, 5.41) is 11.0. The first-order valence-corrected chi connectivity index (χ1v) is 6.43. The summed E-state index contributed by atoms with van der Waals surface area (Å²) < 4.78 is 0. The third-order valence-electron chi connectivity index (χ3n) is 3.63. The first kappa shape index (κ1) is 11.9. The van der Waals surface area contributed by atoms with Crippen LogP contribution in [-0.2, 0) is 13.1 Å². The minimum atomic E-state index is 0.502. The number of rotatable bonds is 2. The molecule has 3 nitrogen and oxygen atoms in total. The smallest absolute Gasteiger partial charge is 0.0411 e. The van der Waals surface area contributed by atoms with Crippen molar-refractivity contribution in [1.29, 1.82) is 5.41 Å². The van der Waals surface area contributed by atoms with Crippen molar-refractivity contribution < 1.29 is 0 Å². The number of fused-ring (bicyclic) bond motifs is 1. The quantitative estimate of drug-likeness (QED) is 0.567. The molecule has 96 valence electrons. The van der Waals surface area contributed by atoms with Crippen LogP contribution in [0.3, 0.4) is 0 Å². The summed E-state index contributed by atoms with van der Waals surface area (Å²) in [6.07, 6.45) is 0. The lowest BCUT2D eigenvalue weighted by Crippen LogP contribution is -2.00. The lowest BCUT2D eigenvalue weighted by molar-refractivity contribution is 0.765. The number of hydrogen-bond acceptors (Lipinski definition) is 3. The van der Waals surface area contributed by atoms with Crippen LogP contribution in [0.2, 0.25) is 0 Å². The second kappa shape index (κ2) is 4.52. The van der Waals surface area contributed by atoms with Crippen LogP contribution in [0, 0.1) is 5.41 Å². The van der Waals surface area contributed by atoms with E-state index in [9.17, 15) is 0 Å². The molecule has 0 fully saturated rings. The van der Waals surface area contributed by atoms with Crippen molar-refractivity contribution in [3.05, 3.63) is 53.1 Å². The number of anilines is 1. The molecule has 0 unspecified atom stereocenters. The van der Waals surface area contributed by atoms with Crippen LogP contribution < -0.4 is 11.1 Å². The summed E-state index contributed by atoms with van der Waals surface area (Å²) in [6.45, 7) is 3.66. The van der Waals surface area contributed by atoms with E-state index in [-0.39, 0.29) is 0 Å². The molecule has 1 heterocycles. The molecule has 0 spiro atoms. The third-order valence-corrected chi connectivity index (χ3v) is 3.63. The van der Waals surface area contributed by atoms with Gasteiger partial charge in [0, 0.05) is 30.1 Å². The standard InChI is InChI=1S/C16H17N3/c1-10(17)15-5-4-12(7-16(15)18)11-2-3-13-8-19-9-14(13)6-11/h2-7,17,19H,8-9,18H2,1H3. The molecule has 0 radical (unpaired) electrons. The average Bonchev–Trinajstić information content (AvgIpc) is 2.85. The molecule has 2 aromatic rings. The molecule has 19 heavy (non-hydrogen) atoms. The number of benzene rings is 2. The zero-order chi connectivity index (χ0) is 13.4. The molecule has 0 aromatic heterocycles. The van der Waals surface area contributed by atoms with Crippen LogP contribution in [0.1, 0.15) is 23.6 Å². The second-order valence-electron chi connectivity index (χ2n) is 5.01. The Bertz CT molecular complexity index is 659. The predicted molar refractivity (Wildman–Crippen MR) is 79.3 cm³/mol. The summed E-state index contributed by atoms with van der Waals surface area (Å²) in [6, 6.07) is 12.5. The molecule has 3 rings (SSSR count). The molecule has 0 amide bonds. The first-order valence-electron chi connectivity index (χ1n) is 6.43. The molecule has 0 saturated carbocycles. The summed E-state index contributed by atoms with van der Waals surface area (Å²) in [7, 11) is 0. The summed E-state index contributed by atoms with van der Waals surface area (Å²) in [5.41, 5.74) is 13.0. The summed E-state index contributed by atoms with van der Waals surface area (Å²) >= 11 is 0. The van der Waals surface area contributed by atoms with Gasteiger partial charge in [-0.05, 0) is 41.3 Å². The predicted octanol–water partition coefficient (Wildman–Crippen LogP) is 2.93. The fraction of sp³-hybridized carbons (Fsp3) is 0.188. The van der Waals surface area contributed by atoms with Crippen LogP contribution in [0.5, 0.6) is 0 Å². The van der Waals surface area contributed by atoms with Crippen molar-refractivity contribution in [1.82, 2.24) is 5.32 Å². The molecule has 0 atom stereocenters. The molecule has 1 aliphatic rings. The second-order valence-corrected chi connectivity index (χ2v) is 5.01. The van der Waals surface area contributed by atoms with Crippen molar-refractivity contribution in [2.75, 3.05) is 5.73 Å². The fourth-order valence-corrected chi connectivity index (χ4v) is 2.56. The molecule has 0 bridgehead atoms. The Morgan fingerprint density at radius 1 is 1.05 bits per heavy atom. The Labute approximate surface area is 113 Å². The monoisotopic (exact) mass is 251 g/mol. The molecular formula is C16H17N3. The third kappa shape index (κ3) is 2.13. The Kier molecular flexibility index (Phi) is 2.84. The van der Waals surface area contributed by atoms with Crippen molar-refractivity contribution in [2.24, 2.45) is 0 Å². The van der Waals surface area contributed by atoms with E-state index in [0.29, 0.717) is 11.4 Å². The molecule has 2 aromatic carbocycles. The molecule has 3 heteroatoms. The summed E-state index contributed by atoms with van der Waals surface area (Å²) in [5.74, 6) is 0. The topological polar surface area (TPSA) is 61.9 Å². The van der Waals surface area contributed by atoms with E-state index in [1.54, 1.807) is 6.92 Å². The van der Waals surface area contributed by atoms with Crippen molar-refractivity contribution in [3.8, 4) is 11.1 Å². The molecule has 1 aliphatic heterocycles. The highest BCUT2D eigenvalue weighted by Crippen LogP contribution is 2.27. The fourth-order valence-electron chi connectivity index (χ4n) is 2.56. The van der Waals surface area contributed by atoms with Gasteiger partial charge in [-0.15, -0.1) is 0 Å². The maximum Gasteiger partial charge on any atom is 0.0411 e. The van der Waals surface area contributed by atoms with Gasteiger partial charge in [-0.25, -0.2) is 0 Å². The van der Waals surface area contributed by atoms with E-state index in [2.05, 4.69) is 23.5 Å². The molecule has 4 N–H and O–H groups in total. The van der Waals surface area contributed by atoms with Gasteiger partial charge in [-0.2, -0.15) is 0 Å². The maximum absolute atomic E-state index is 7.66. The SMILES string of the molecule is CC(=N)c1ccc(-c2ccc3c(c2)CNC3)cc1N. The first-order chi connectivity index (χ1) is 9.15. The Balaban J connectivity index is 2.03.